The van der Waals surface area contributed by atoms with E-state index in [1.54, 1.807) is 11.5 Å². The van der Waals surface area contributed by atoms with E-state index in [1.165, 1.54) is 10.6 Å². The molecule has 0 radical (unpaired) electrons. The molecule has 0 spiro atoms. The van der Waals surface area contributed by atoms with Crippen LogP contribution in [-0.2, 0) is 0 Å². The Balaban J connectivity index is 2.19. The molecule has 0 aromatic carbocycles. The Labute approximate surface area is 75.9 Å². The quantitative estimate of drug-likeness (QED) is 0.662. The first kappa shape index (κ1) is 7.73. The highest BCUT2D eigenvalue weighted by Crippen LogP contribution is 2.30. The highest BCUT2D eigenvalue weighted by Gasteiger charge is 2.23. The van der Waals surface area contributed by atoms with E-state index < -0.39 is 0 Å². The van der Waals surface area contributed by atoms with Gasteiger partial charge < -0.3 is 0 Å². The van der Waals surface area contributed by atoms with Gasteiger partial charge in [-0.25, -0.2) is 4.37 Å². The van der Waals surface area contributed by atoms with E-state index in [4.69, 9.17) is 0 Å². The summed E-state index contributed by atoms with van der Waals surface area (Å²) in [7, 11) is 2.01. The van der Waals surface area contributed by atoms with Crippen LogP contribution in [0.2, 0.25) is 0 Å². The molecule has 0 saturated heterocycles. The predicted molar refractivity (Wildman–Crippen MR) is 50.3 cm³/mol. The largest absolute Gasteiger partial charge is 0.291 e. The van der Waals surface area contributed by atoms with Crippen molar-refractivity contribution in [3.8, 4) is 0 Å². The zero-order chi connectivity index (χ0) is 8.55. The van der Waals surface area contributed by atoms with Crippen molar-refractivity contribution < 1.29 is 0 Å². The van der Waals surface area contributed by atoms with Crippen molar-refractivity contribution in [1.82, 2.24) is 9.38 Å². The number of hydrogen-bond acceptors (Lipinski definition) is 4. The smallest absolute Gasteiger partial charge is 0.0877 e. The van der Waals surface area contributed by atoms with Crippen LogP contribution >= 0.6 is 11.5 Å². The summed E-state index contributed by atoms with van der Waals surface area (Å²) in [5.41, 5.74) is 1.20. The zero-order valence-electron chi connectivity index (χ0n) is 7.19. The number of hydrazone groups is 1. The normalized spacial score (nSPS) is 23.0. The van der Waals surface area contributed by atoms with Crippen LogP contribution in [0, 0.1) is 0 Å². The van der Waals surface area contributed by atoms with E-state index in [1.807, 2.05) is 18.3 Å². The number of rotatable bonds is 1. The van der Waals surface area contributed by atoms with E-state index in [0.29, 0.717) is 6.04 Å². The van der Waals surface area contributed by atoms with E-state index in [2.05, 4.69) is 22.5 Å². The molecule has 1 aliphatic rings. The molecular weight excluding hydrogens is 170 g/mol. The van der Waals surface area contributed by atoms with Gasteiger partial charge in [0.1, 0.15) is 0 Å². The van der Waals surface area contributed by atoms with Gasteiger partial charge in [-0.3, -0.25) is 5.01 Å². The van der Waals surface area contributed by atoms with Crippen LogP contribution in [-0.4, -0.2) is 22.1 Å². The third-order valence-corrected chi connectivity index (χ3v) is 2.90. The first-order chi connectivity index (χ1) is 5.77. The molecule has 3 nitrogen and oxygen atoms in total. The van der Waals surface area contributed by atoms with Crippen molar-refractivity contribution in [2.75, 3.05) is 7.05 Å². The fourth-order valence-corrected chi connectivity index (χ4v) is 2.20. The lowest BCUT2D eigenvalue weighted by atomic mass is 10.1. The molecular formula is C8H11N3S. The van der Waals surface area contributed by atoms with E-state index in [-0.39, 0.29) is 0 Å². The molecule has 1 atom stereocenters. The summed E-state index contributed by atoms with van der Waals surface area (Å²) in [5.74, 6) is 0. The van der Waals surface area contributed by atoms with Crippen LogP contribution in [0.25, 0.3) is 0 Å². The maximum absolute atomic E-state index is 4.36. The lowest BCUT2D eigenvalue weighted by Crippen LogP contribution is -2.12. The third-order valence-electron chi connectivity index (χ3n) is 2.05. The monoisotopic (exact) mass is 181 g/mol. The van der Waals surface area contributed by atoms with Crippen molar-refractivity contribution in [1.29, 1.82) is 0 Å². The van der Waals surface area contributed by atoms with Gasteiger partial charge in [0.15, 0.2) is 0 Å². The molecule has 0 fully saturated rings. The SMILES string of the molecule is CC1=NN(C)C(c2ccns2)C1. The summed E-state index contributed by atoms with van der Waals surface area (Å²) in [5, 5.41) is 6.37. The molecule has 1 aromatic heterocycles. The maximum Gasteiger partial charge on any atom is 0.0877 e. The average molecular weight is 181 g/mol. The first-order valence-corrected chi connectivity index (χ1v) is 4.72. The van der Waals surface area contributed by atoms with Gasteiger partial charge in [0.05, 0.1) is 6.04 Å². The van der Waals surface area contributed by atoms with Crippen LogP contribution in [0.5, 0.6) is 0 Å². The molecule has 1 aliphatic heterocycles. The standard InChI is InChI=1S/C8H11N3S/c1-6-5-7(11(2)10-6)8-3-4-9-12-8/h3-4,7H,5H2,1-2H3. The van der Waals surface area contributed by atoms with Crippen LogP contribution in [0.3, 0.4) is 0 Å². The van der Waals surface area contributed by atoms with Crippen molar-refractivity contribution in [3.63, 3.8) is 0 Å². The van der Waals surface area contributed by atoms with E-state index in [9.17, 15) is 0 Å². The second-order valence-electron chi connectivity index (χ2n) is 3.04. The van der Waals surface area contributed by atoms with Gasteiger partial charge in [-0.2, -0.15) is 5.10 Å². The molecule has 0 N–H and O–H groups in total. The number of nitrogens with zero attached hydrogens (tertiary/aromatic N) is 3. The Hall–Kier alpha value is -0.900. The van der Waals surface area contributed by atoms with Crippen molar-refractivity contribution in [2.45, 2.75) is 19.4 Å². The summed E-state index contributed by atoms with van der Waals surface area (Å²) >= 11 is 1.56. The van der Waals surface area contributed by atoms with Crippen molar-refractivity contribution in [3.05, 3.63) is 17.1 Å². The molecule has 2 rings (SSSR count). The minimum absolute atomic E-state index is 0.428. The van der Waals surface area contributed by atoms with Crippen molar-refractivity contribution in [2.24, 2.45) is 5.10 Å². The molecule has 64 valence electrons. The Morgan fingerprint density at radius 1 is 1.67 bits per heavy atom. The third kappa shape index (κ3) is 1.22. The van der Waals surface area contributed by atoms with Gasteiger partial charge in [0.25, 0.3) is 0 Å². The van der Waals surface area contributed by atoms with Gasteiger partial charge >= 0.3 is 0 Å². The summed E-state index contributed by atoms with van der Waals surface area (Å²) in [6.07, 6.45) is 2.89. The zero-order valence-corrected chi connectivity index (χ0v) is 8.01. The van der Waals surface area contributed by atoms with Gasteiger partial charge in [0, 0.05) is 30.3 Å². The lowest BCUT2D eigenvalue weighted by molar-refractivity contribution is 0.294. The Kier molecular flexibility index (Phi) is 1.84. The molecule has 0 aliphatic carbocycles. The van der Waals surface area contributed by atoms with Gasteiger partial charge in [-0.15, -0.1) is 0 Å². The highest BCUT2D eigenvalue weighted by molar-refractivity contribution is 7.05. The fourth-order valence-electron chi connectivity index (χ4n) is 1.47. The van der Waals surface area contributed by atoms with E-state index in [0.717, 1.165) is 6.42 Å². The maximum atomic E-state index is 4.36. The Morgan fingerprint density at radius 3 is 3.00 bits per heavy atom. The molecule has 2 heterocycles. The number of aromatic nitrogens is 1. The molecule has 0 amide bonds. The van der Waals surface area contributed by atoms with Gasteiger partial charge in [-0.1, -0.05) is 0 Å². The first-order valence-electron chi connectivity index (χ1n) is 3.95. The lowest BCUT2D eigenvalue weighted by Gasteiger charge is -2.16. The van der Waals surface area contributed by atoms with E-state index >= 15 is 0 Å². The van der Waals surface area contributed by atoms with Crippen molar-refractivity contribution >= 4 is 17.2 Å². The molecule has 1 unspecified atom stereocenters. The fraction of sp³-hybridized carbons (Fsp3) is 0.500. The Bertz CT molecular complexity index is 291. The second kappa shape index (κ2) is 2.86. The molecule has 0 saturated carbocycles. The summed E-state index contributed by atoms with van der Waals surface area (Å²) in [4.78, 5) is 1.30. The second-order valence-corrected chi connectivity index (χ2v) is 3.91. The van der Waals surface area contributed by atoms with Gasteiger partial charge in [-0.05, 0) is 24.5 Å². The minimum Gasteiger partial charge on any atom is -0.291 e. The summed E-state index contributed by atoms with van der Waals surface area (Å²) in [6.45, 7) is 2.07. The summed E-state index contributed by atoms with van der Waals surface area (Å²) in [6, 6.07) is 2.50. The number of hydrogen-bond donors (Lipinski definition) is 0. The Morgan fingerprint density at radius 2 is 2.50 bits per heavy atom. The molecule has 12 heavy (non-hydrogen) atoms. The predicted octanol–water partition coefficient (Wildman–Crippen LogP) is 1.90. The average Bonchev–Trinajstić information content (AvgIpc) is 2.58. The van der Waals surface area contributed by atoms with Crippen LogP contribution in [0.1, 0.15) is 24.3 Å². The highest BCUT2D eigenvalue weighted by atomic mass is 32.1. The van der Waals surface area contributed by atoms with Crippen LogP contribution < -0.4 is 0 Å². The molecule has 4 heteroatoms. The minimum atomic E-state index is 0.428. The van der Waals surface area contributed by atoms with Crippen LogP contribution in [0.4, 0.5) is 0 Å². The van der Waals surface area contributed by atoms with Crippen LogP contribution in [0.15, 0.2) is 17.4 Å². The molecule has 1 aromatic rings. The summed E-state index contributed by atoms with van der Waals surface area (Å²) < 4.78 is 4.09. The molecule has 0 bridgehead atoms. The topological polar surface area (TPSA) is 28.5 Å². The van der Waals surface area contributed by atoms with Gasteiger partial charge in [0.2, 0.25) is 0 Å².